The first kappa shape index (κ1) is 11.1. The summed E-state index contributed by atoms with van der Waals surface area (Å²) >= 11 is 0. The molecule has 12 heavy (non-hydrogen) atoms. The van der Waals surface area contributed by atoms with Crippen LogP contribution in [0.3, 0.4) is 0 Å². The first-order valence-electron chi connectivity index (χ1n) is 3.11. The largest absolute Gasteiger partial charge is 0.336 e. The zero-order chi connectivity index (χ0) is 9.78. The number of carbonyl (C=O) groups excluding carboxylic acids is 1. The highest BCUT2D eigenvalue weighted by atomic mass is 32.2. The molecule has 0 rings (SSSR count). The Morgan fingerprint density at radius 2 is 2.08 bits per heavy atom. The smallest absolute Gasteiger partial charge is 0.285 e. The van der Waals surface area contributed by atoms with E-state index in [0.717, 1.165) is 7.11 Å². The highest BCUT2D eigenvalue weighted by Gasteiger charge is 2.10. The molecule has 1 amide bonds. The minimum absolute atomic E-state index is 0.251. The van der Waals surface area contributed by atoms with Crippen LogP contribution in [0.25, 0.3) is 0 Å². The zero-order valence-corrected chi connectivity index (χ0v) is 7.77. The molecule has 0 aromatic heterocycles. The van der Waals surface area contributed by atoms with Gasteiger partial charge in [-0.1, -0.05) is 6.58 Å². The second kappa shape index (κ2) is 4.22. The SMILES string of the molecule is C=C(C)C(=O)NCS(=O)(=O)OC. The number of carbonyl (C=O) groups is 1. The van der Waals surface area contributed by atoms with Gasteiger partial charge in [-0.05, 0) is 6.92 Å². The summed E-state index contributed by atoms with van der Waals surface area (Å²) in [7, 11) is -2.59. The van der Waals surface area contributed by atoms with E-state index in [1.54, 1.807) is 0 Å². The predicted octanol–water partition coefficient (Wildman–Crippen LogP) is -0.388. The van der Waals surface area contributed by atoms with Crippen molar-refractivity contribution in [2.75, 3.05) is 13.0 Å². The van der Waals surface area contributed by atoms with Crippen LogP contribution in [0.1, 0.15) is 6.92 Å². The normalized spacial score (nSPS) is 10.8. The first-order chi connectivity index (χ1) is 5.39. The van der Waals surface area contributed by atoms with Crippen LogP contribution in [0.5, 0.6) is 0 Å². The lowest BCUT2D eigenvalue weighted by Gasteiger charge is -2.03. The summed E-state index contributed by atoms with van der Waals surface area (Å²) in [4.78, 5) is 10.8. The number of rotatable bonds is 4. The van der Waals surface area contributed by atoms with Gasteiger partial charge in [-0.3, -0.25) is 8.98 Å². The fourth-order valence-corrected chi connectivity index (χ4v) is 0.789. The van der Waals surface area contributed by atoms with Crippen molar-refractivity contribution in [1.82, 2.24) is 5.32 Å². The highest BCUT2D eigenvalue weighted by Crippen LogP contribution is 1.89. The Kier molecular flexibility index (Phi) is 3.91. The number of hydrogen-bond donors (Lipinski definition) is 1. The summed E-state index contributed by atoms with van der Waals surface area (Å²) in [6.45, 7) is 4.81. The standard InChI is InChI=1S/C6H11NO4S/c1-5(2)6(8)7-4-12(9,10)11-3/h1,4H2,2-3H3,(H,7,8). The predicted molar refractivity (Wildman–Crippen MR) is 43.8 cm³/mol. The van der Waals surface area contributed by atoms with E-state index in [1.807, 2.05) is 0 Å². The molecule has 0 aliphatic carbocycles. The quantitative estimate of drug-likeness (QED) is 0.487. The molecule has 1 N–H and O–H groups in total. The van der Waals surface area contributed by atoms with Gasteiger partial charge in [0.2, 0.25) is 5.91 Å². The van der Waals surface area contributed by atoms with E-state index < -0.39 is 21.9 Å². The molecule has 0 fully saturated rings. The fourth-order valence-electron chi connectivity index (χ4n) is 0.364. The van der Waals surface area contributed by atoms with Crippen molar-refractivity contribution in [3.8, 4) is 0 Å². The van der Waals surface area contributed by atoms with Crippen LogP contribution < -0.4 is 5.32 Å². The van der Waals surface area contributed by atoms with E-state index in [2.05, 4.69) is 16.1 Å². The lowest BCUT2D eigenvalue weighted by atomic mass is 10.3. The summed E-state index contributed by atoms with van der Waals surface area (Å²) in [5, 5.41) is 2.12. The molecule has 70 valence electrons. The zero-order valence-electron chi connectivity index (χ0n) is 6.96. The molecule has 6 heteroatoms. The topological polar surface area (TPSA) is 72.5 Å². The lowest BCUT2D eigenvalue weighted by Crippen LogP contribution is -2.30. The third-order valence-electron chi connectivity index (χ3n) is 1.05. The Morgan fingerprint density at radius 1 is 1.58 bits per heavy atom. The number of amides is 1. The van der Waals surface area contributed by atoms with Crippen molar-refractivity contribution in [3.05, 3.63) is 12.2 Å². The van der Waals surface area contributed by atoms with Crippen molar-refractivity contribution < 1.29 is 17.4 Å². The van der Waals surface area contributed by atoms with Crippen LogP contribution in [0.4, 0.5) is 0 Å². The summed E-state index contributed by atoms with van der Waals surface area (Å²) in [5.74, 6) is -1.04. The Morgan fingerprint density at radius 3 is 2.42 bits per heavy atom. The van der Waals surface area contributed by atoms with Gasteiger partial charge < -0.3 is 5.32 Å². The van der Waals surface area contributed by atoms with Crippen LogP contribution in [-0.2, 0) is 19.1 Å². The maximum atomic E-state index is 10.8. The molecule has 0 heterocycles. The number of nitrogens with one attached hydrogen (secondary N) is 1. The van der Waals surface area contributed by atoms with E-state index in [4.69, 9.17) is 0 Å². The second-order valence-electron chi connectivity index (χ2n) is 2.15. The van der Waals surface area contributed by atoms with Crippen molar-refractivity contribution in [3.63, 3.8) is 0 Å². The molecule has 0 aliphatic heterocycles. The lowest BCUT2D eigenvalue weighted by molar-refractivity contribution is -0.117. The van der Waals surface area contributed by atoms with Gasteiger partial charge in [-0.15, -0.1) is 0 Å². The van der Waals surface area contributed by atoms with Gasteiger partial charge in [0.05, 0.1) is 7.11 Å². The molecule has 0 radical (unpaired) electrons. The molecule has 0 aromatic carbocycles. The molecule has 0 atom stereocenters. The average molecular weight is 193 g/mol. The molecule has 0 unspecified atom stereocenters. The van der Waals surface area contributed by atoms with Crippen LogP contribution in [-0.4, -0.2) is 27.3 Å². The maximum Gasteiger partial charge on any atom is 0.285 e. The van der Waals surface area contributed by atoms with E-state index >= 15 is 0 Å². The molecule has 0 aliphatic rings. The average Bonchev–Trinajstić information content (AvgIpc) is 2.00. The van der Waals surface area contributed by atoms with Gasteiger partial charge in [0.1, 0.15) is 5.88 Å². The monoisotopic (exact) mass is 193 g/mol. The molecule has 0 bridgehead atoms. The first-order valence-corrected chi connectivity index (χ1v) is 4.69. The maximum absolute atomic E-state index is 10.8. The van der Waals surface area contributed by atoms with Gasteiger partial charge in [-0.25, -0.2) is 0 Å². The molecular formula is C6H11NO4S. The van der Waals surface area contributed by atoms with Crippen LogP contribution >= 0.6 is 0 Å². The van der Waals surface area contributed by atoms with Gasteiger partial charge in [0.15, 0.2) is 0 Å². The van der Waals surface area contributed by atoms with Crippen molar-refractivity contribution in [1.29, 1.82) is 0 Å². The second-order valence-corrected chi connectivity index (χ2v) is 3.89. The number of hydrogen-bond acceptors (Lipinski definition) is 4. The third kappa shape index (κ3) is 4.09. The van der Waals surface area contributed by atoms with E-state index in [1.165, 1.54) is 6.92 Å². The van der Waals surface area contributed by atoms with Gasteiger partial charge in [0.25, 0.3) is 10.1 Å². The van der Waals surface area contributed by atoms with Crippen molar-refractivity contribution in [2.45, 2.75) is 6.92 Å². The molecule has 0 aromatic rings. The minimum Gasteiger partial charge on any atom is -0.336 e. The summed E-state index contributed by atoms with van der Waals surface area (Å²) < 4.78 is 25.4. The van der Waals surface area contributed by atoms with E-state index in [-0.39, 0.29) is 5.57 Å². The molecule has 0 spiro atoms. The summed E-state index contributed by atoms with van der Waals surface area (Å²) in [5.41, 5.74) is 0.251. The summed E-state index contributed by atoms with van der Waals surface area (Å²) in [6, 6.07) is 0. The highest BCUT2D eigenvalue weighted by molar-refractivity contribution is 7.86. The molecule has 5 nitrogen and oxygen atoms in total. The van der Waals surface area contributed by atoms with Gasteiger partial charge >= 0.3 is 0 Å². The molecule has 0 saturated carbocycles. The van der Waals surface area contributed by atoms with E-state index in [9.17, 15) is 13.2 Å². The Bertz CT molecular complexity index is 280. The van der Waals surface area contributed by atoms with Crippen LogP contribution in [0, 0.1) is 0 Å². The third-order valence-corrected chi connectivity index (χ3v) is 2.06. The Hall–Kier alpha value is -0.880. The van der Waals surface area contributed by atoms with Crippen molar-refractivity contribution >= 4 is 16.0 Å². The fraction of sp³-hybridized carbons (Fsp3) is 0.500. The van der Waals surface area contributed by atoms with Crippen molar-refractivity contribution in [2.24, 2.45) is 0 Å². The summed E-state index contributed by atoms with van der Waals surface area (Å²) in [6.07, 6.45) is 0. The van der Waals surface area contributed by atoms with Gasteiger partial charge in [0, 0.05) is 5.57 Å². The Balaban J connectivity index is 4.02. The van der Waals surface area contributed by atoms with Gasteiger partial charge in [-0.2, -0.15) is 8.42 Å². The molecular weight excluding hydrogens is 182 g/mol. The van der Waals surface area contributed by atoms with Crippen LogP contribution in [0.2, 0.25) is 0 Å². The minimum atomic E-state index is -3.62. The Labute approximate surface area is 71.5 Å². The van der Waals surface area contributed by atoms with Crippen LogP contribution in [0.15, 0.2) is 12.2 Å². The van der Waals surface area contributed by atoms with E-state index in [0.29, 0.717) is 0 Å². The molecule has 0 saturated heterocycles.